The number of fused-ring (bicyclic) bond motifs is 1. The molecule has 1 heterocycles. The Morgan fingerprint density at radius 2 is 2.22 bits per heavy atom. The number of nitrogens with zero attached hydrogens (tertiary/aromatic N) is 3. The highest BCUT2D eigenvalue weighted by atomic mass is 16.5. The minimum atomic E-state index is 0.204. The topological polar surface area (TPSA) is 62.4 Å². The van der Waals surface area contributed by atoms with Gasteiger partial charge in [-0.2, -0.15) is 4.98 Å². The van der Waals surface area contributed by atoms with Gasteiger partial charge in [0.05, 0.1) is 6.54 Å². The summed E-state index contributed by atoms with van der Waals surface area (Å²) in [4.78, 5) is 6.86. The molecule has 1 aromatic carbocycles. The summed E-state index contributed by atoms with van der Waals surface area (Å²) in [5, 5.41) is 13.3. The number of aliphatic hydroxyl groups is 1. The largest absolute Gasteiger partial charge is 0.396 e. The molecule has 1 aromatic heterocycles. The second-order valence-electron chi connectivity index (χ2n) is 6.16. The summed E-state index contributed by atoms with van der Waals surface area (Å²) < 4.78 is 5.41. The fraction of sp³-hybridized carbons (Fsp3) is 0.556. The lowest BCUT2D eigenvalue weighted by molar-refractivity contribution is 0.148. The summed E-state index contributed by atoms with van der Waals surface area (Å²) >= 11 is 0. The number of rotatable bonds is 8. The molecule has 2 aromatic rings. The van der Waals surface area contributed by atoms with E-state index in [0.717, 1.165) is 44.5 Å². The van der Waals surface area contributed by atoms with Gasteiger partial charge in [-0.3, -0.25) is 4.90 Å². The molecule has 124 valence electrons. The van der Waals surface area contributed by atoms with Gasteiger partial charge in [0.2, 0.25) is 5.89 Å². The van der Waals surface area contributed by atoms with Gasteiger partial charge in [-0.05, 0) is 36.8 Å². The molecule has 0 aliphatic heterocycles. The van der Waals surface area contributed by atoms with Gasteiger partial charge in [0.1, 0.15) is 0 Å². The van der Waals surface area contributed by atoms with E-state index in [1.165, 1.54) is 11.1 Å². The minimum Gasteiger partial charge on any atom is -0.396 e. The third-order valence-electron chi connectivity index (χ3n) is 4.47. The van der Waals surface area contributed by atoms with Gasteiger partial charge in [0.25, 0.3) is 0 Å². The van der Waals surface area contributed by atoms with E-state index in [1.807, 2.05) is 0 Å². The predicted molar refractivity (Wildman–Crippen MR) is 87.9 cm³/mol. The highest BCUT2D eigenvalue weighted by Crippen LogP contribution is 2.36. The smallest absolute Gasteiger partial charge is 0.240 e. The van der Waals surface area contributed by atoms with Gasteiger partial charge in [0, 0.05) is 25.6 Å². The first-order valence-electron chi connectivity index (χ1n) is 8.56. The molecule has 0 amide bonds. The molecule has 1 unspecified atom stereocenters. The molecule has 0 saturated heterocycles. The maximum atomic E-state index is 9.22. The Hall–Kier alpha value is -1.72. The van der Waals surface area contributed by atoms with Gasteiger partial charge in [-0.15, -0.1) is 0 Å². The summed E-state index contributed by atoms with van der Waals surface area (Å²) in [5.74, 6) is 1.47. The van der Waals surface area contributed by atoms with Gasteiger partial charge in [-0.25, -0.2) is 0 Å². The lowest BCUT2D eigenvalue weighted by atomic mass is 10.1. The normalized spacial score (nSPS) is 16.9. The average Bonchev–Trinajstić information content (AvgIpc) is 3.18. The molecule has 1 atom stereocenters. The van der Waals surface area contributed by atoms with Gasteiger partial charge in [-0.1, -0.05) is 36.3 Å². The van der Waals surface area contributed by atoms with E-state index >= 15 is 0 Å². The maximum absolute atomic E-state index is 9.22. The van der Waals surface area contributed by atoms with Crippen molar-refractivity contribution < 1.29 is 9.63 Å². The SMILES string of the molecule is CCCc1noc(CN(CCCO)C2CCc3ccccc32)n1. The van der Waals surface area contributed by atoms with Crippen LogP contribution in [0.15, 0.2) is 28.8 Å². The quantitative estimate of drug-likeness (QED) is 0.811. The van der Waals surface area contributed by atoms with E-state index in [9.17, 15) is 5.11 Å². The van der Waals surface area contributed by atoms with Crippen molar-refractivity contribution >= 4 is 0 Å². The van der Waals surface area contributed by atoms with Crippen molar-refractivity contribution in [3.05, 3.63) is 47.1 Å². The van der Waals surface area contributed by atoms with E-state index in [1.54, 1.807) is 0 Å². The lowest BCUT2D eigenvalue weighted by Gasteiger charge is -2.28. The number of benzene rings is 1. The van der Waals surface area contributed by atoms with Crippen LogP contribution in [0.5, 0.6) is 0 Å². The Morgan fingerprint density at radius 1 is 1.35 bits per heavy atom. The summed E-state index contributed by atoms with van der Waals surface area (Å²) in [6.07, 6.45) is 4.85. The second kappa shape index (κ2) is 7.70. The molecule has 5 nitrogen and oxygen atoms in total. The van der Waals surface area contributed by atoms with Crippen LogP contribution in [0, 0.1) is 0 Å². The number of hydrogen-bond acceptors (Lipinski definition) is 5. The van der Waals surface area contributed by atoms with Crippen molar-refractivity contribution in [2.75, 3.05) is 13.2 Å². The summed E-state index contributed by atoms with van der Waals surface area (Å²) in [5.41, 5.74) is 2.84. The molecule has 0 bridgehead atoms. The second-order valence-corrected chi connectivity index (χ2v) is 6.16. The van der Waals surface area contributed by atoms with Crippen LogP contribution >= 0.6 is 0 Å². The summed E-state index contributed by atoms with van der Waals surface area (Å²) in [7, 11) is 0. The Labute approximate surface area is 137 Å². The third-order valence-corrected chi connectivity index (χ3v) is 4.47. The molecule has 1 aliphatic carbocycles. The van der Waals surface area contributed by atoms with Crippen molar-refractivity contribution in [3.63, 3.8) is 0 Å². The average molecular weight is 315 g/mol. The van der Waals surface area contributed by atoms with Crippen LogP contribution in [0.25, 0.3) is 0 Å². The van der Waals surface area contributed by atoms with Crippen LogP contribution in [0.2, 0.25) is 0 Å². The first-order valence-corrected chi connectivity index (χ1v) is 8.56. The van der Waals surface area contributed by atoms with Gasteiger partial charge in [0.15, 0.2) is 5.82 Å². The lowest BCUT2D eigenvalue weighted by Crippen LogP contribution is -2.29. The molecule has 0 saturated carbocycles. The Balaban J connectivity index is 1.75. The van der Waals surface area contributed by atoms with Crippen molar-refractivity contribution in [3.8, 4) is 0 Å². The van der Waals surface area contributed by atoms with E-state index in [-0.39, 0.29) is 6.61 Å². The molecule has 3 rings (SSSR count). The first kappa shape index (κ1) is 16.1. The third kappa shape index (κ3) is 3.79. The van der Waals surface area contributed by atoms with Crippen LogP contribution in [-0.2, 0) is 19.4 Å². The van der Waals surface area contributed by atoms with Crippen molar-refractivity contribution in [1.29, 1.82) is 0 Å². The molecule has 1 aliphatic rings. The molecule has 0 radical (unpaired) electrons. The fourth-order valence-corrected chi connectivity index (χ4v) is 3.39. The molecule has 0 fully saturated rings. The molecule has 5 heteroatoms. The summed E-state index contributed by atoms with van der Waals surface area (Å²) in [6.45, 7) is 3.80. The van der Waals surface area contributed by atoms with E-state index in [2.05, 4.69) is 46.2 Å². The Kier molecular flexibility index (Phi) is 5.41. The first-order chi connectivity index (χ1) is 11.3. The van der Waals surface area contributed by atoms with Crippen LogP contribution < -0.4 is 0 Å². The van der Waals surface area contributed by atoms with Crippen LogP contribution in [-0.4, -0.2) is 33.3 Å². The maximum Gasteiger partial charge on any atom is 0.240 e. The number of aryl methyl sites for hydroxylation is 2. The molecule has 23 heavy (non-hydrogen) atoms. The van der Waals surface area contributed by atoms with Gasteiger partial charge < -0.3 is 9.63 Å². The monoisotopic (exact) mass is 315 g/mol. The number of aliphatic hydroxyl groups excluding tert-OH is 1. The van der Waals surface area contributed by atoms with Gasteiger partial charge >= 0.3 is 0 Å². The van der Waals surface area contributed by atoms with Crippen LogP contribution in [0.4, 0.5) is 0 Å². The molecule has 0 spiro atoms. The van der Waals surface area contributed by atoms with Crippen molar-refractivity contribution in [2.45, 2.75) is 51.6 Å². The standard InChI is InChI=1S/C18H25N3O2/c1-2-6-17-19-18(23-20-17)13-21(11-5-12-22)16-10-9-14-7-3-4-8-15(14)16/h3-4,7-8,16,22H,2,5-6,9-13H2,1H3. The zero-order chi connectivity index (χ0) is 16.1. The minimum absolute atomic E-state index is 0.204. The summed E-state index contributed by atoms with van der Waals surface area (Å²) in [6, 6.07) is 9.02. The van der Waals surface area contributed by atoms with Crippen molar-refractivity contribution in [2.24, 2.45) is 0 Å². The highest BCUT2D eigenvalue weighted by Gasteiger charge is 2.28. The number of aromatic nitrogens is 2. The fourth-order valence-electron chi connectivity index (χ4n) is 3.39. The molecular weight excluding hydrogens is 290 g/mol. The Morgan fingerprint density at radius 3 is 3.04 bits per heavy atom. The van der Waals surface area contributed by atoms with Crippen LogP contribution in [0.1, 0.15) is 55.1 Å². The zero-order valence-electron chi connectivity index (χ0n) is 13.7. The van der Waals surface area contributed by atoms with Crippen LogP contribution in [0.3, 0.4) is 0 Å². The van der Waals surface area contributed by atoms with Crippen molar-refractivity contribution in [1.82, 2.24) is 15.0 Å². The zero-order valence-corrected chi connectivity index (χ0v) is 13.7. The predicted octanol–water partition coefficient (Wildman–Crippen LogP) is 2.89. The molecular formula is C18H25N3O2. The van der Waals surface area contributed by atoms with E-state index < -0.39 is 0 Å². The molecule has 1 N–H and O–H groups in total. The Bertz CT molecular complexity index is 626. The number of hydrogen-bond donors (Lipinski definition) is 1. The van der Waals surface area contributed by atoms with E-state index in [4.69, 9.17) is 4.52 Å². The highest BCUT2D eigenvalue weighted by molar-refractivity contribution is 5.34. The van der Waals surface area contributed by atoms with E-state index in [0.29, 0.717) is 18.5 Å².